The zero-order valence-corrected chi connectivity index (χ0v) is 9.96. The minimum absolute atomic E-state index is 0.0158. The standard InChI is InChI=1S/C12H21N3O/c1-3-7-13-10-12(16)14-8-9-15(4-2)11-5-6-11/h1,11,13H,4-10H2,2H3,(H,14,16). The second-order valence-corrected chi connectivity index (χ2v) is 4.02. The van der Waals surface area contributed by atoms with Gasteiger partial charge in [-0.2, -0.15) is 0 Å². The molecule has 1 aliphatic carbocycles. The molecule has 1 aliphatic rings. The molecule has 90 valence electrons. The van der Waals surface area contributed by atoms with Crippen LogP contribution in [-0.2, 0) is 4.79 Å². The summed E-state index contributed by atoms with van der Waals surface area (Å²) in [7, 11) is 0. The highest BCUT2D eigenvalue weighted by Crippen LogP contribution is 2.25. The van der Waals surface area contributed by atoms with Crippen LogP contribution in [0.3, 0.4) is 0 Å². The first-order valence-corrected chi connectivity index (χ1v) is 5.92. The fourth-order valence-corrected chi connectivity index (χ4v) is 1.69. The largest absolute Gasteiger partial charge is 0.354 e. The average Bonchev–Trinajstić information content (AvgIpc) is 3.09. The normalized spacial score (nSPS) is 14.8. The molecule has 1 saturated carbocycles. The van der Waals surface area contributed by atoms with E-state index in [4.69, 9.17) is 6.42 Å². The SMILES string of the molecule is C#CCNCC(=O)NCCN(CC)C1CC1. The third kappa shape index (κ3) is 5.15. The Kier molecular flexibility index (Phi) is 5.91. The van der Waals surface area contributed by atoms with E-state index in [-0.39, 0.29) is 5.91 Å². The summed E-state index contributed by atoms with van der Waals surface area (Å²) in [5.41, 5.74) is 0. The van der Waals surface area contributed by atoms with Gasteiger partial charge >= 0.3 is 0 Å². The molecule has 4 nitrogen and oxygen atoms in total. The number of hydrogen-bond acceptors (Lipinski definition) is 3. The number of rotatable bonds is 8. The molecule has 0 unspecified atom stereocenters. The summed E-state index contributed by atoms with van der Waals surface area (Å²) >= 11 is 0. The van der Waals surface area contributed by atoms with Crippen LogP contribution in [0.2, 0.25) is 0 Å². The lowest BCUT2D eigenvalue weighted by Gasteiger charge is -2.19. The molecule has 1 amide bonds. The van der Waals surface area contributed by atoms with Gasteiger partial charge in [-0.3, -0.25) is 15.0 Å². The maximum atomic E-state index is 11.3. The van der Waals surface area contributed by atoms with Crippen LogP contribution in [0.5, 0.6) is 0 Å². The number of nitrogens with zero attached hydrogens (tertiary/aromatic N) is 1. The molecule has 1 rings (SSSR count). The summed E-state index contributed by atoms with van der Waals surface area (Å²) in [6.45, 7) is 5.64. The van der Waals surface area contributed by atoms with Crippen LogP contribution in [0.4, 0.5) is 0 Å². The number of carbonyl (C=O) groups excluding carboxylic acids is 1. The lowest BCUT2D eigenvalue weighted by molar-refractivity contribution is -0.120. The van der Waals surface area contributed by atoms with E-state index in [0.29, 0.717) is 13.1 Å². The van der Waals surface area contributed by atoms with Crippen LogP contribution in [0.25, 0.3) is 0 Å². The quantitative estimate of drug-likeness (QED) is 0.443. The second-order valence-electron chi connectivity index (χ2n) is 4.02. The van der Waals surface area contributed by atoms with Gasteiger partial charge in [-0.1, -0.05) is 12.8 Å². The number of amides is 1. The number of carbonyl (C=O) groups is 1. The smallest absolute Gasteiger partial charge is 0.234 e. The monoisotopic (exact) mass is 223 g/mol. The summed E-state index contributed by atoms with van der Waals surface area (Å²) in [6, 6.07) is 0.765. The summed E-state index contributed by atoms with van der Waals surface area (Å²) in [6.07, 6.45) is 7.68. The van der Waals surface area contributed by atoms with Gasteiger partial charge in [0.1, 0.15) is 0 Å². The molecule has 16 heavy (non-hydrogen) atoms. The third-order valence-corrected chi connectivity index (χ3v) is 2.70. The van der Waals surface area contributed by atoms with Crippen molar-refractivity contribution in [3.8, 4) is 12.3 Å². The van der Waals surface area contributed by atoms with Crippen LogP contribution < -0.4 is 10.6 Å². The van der Waals surface area contributed by atoms with Crippen molar-refractivity contribution in [2.45, 2.75) is 25.8 Å². The molecule has 0 aromatic rings. The van der Waals surface area contributed by atoms with Crippen molar-refractivity contribution in [3.05, 3.63) is 0 Å². The minimum atomic E-state index is 0.0158. The van der Waals surface area contributed by atoms with Crippen molar-refractivity contribution in [3.63, 3.8) is 0 Å². The molecule has 0 saturated heterocycles. The van der Waals surface area contributed by atoms with E-state index in [2.05, 4.69) is 28.4 Å². The lowest BCUT2D eigenvalue weighted by Crippen LogP contribution is -2.39. The summed E-state index contributed by atoms with van der Waals surface area (Å²) < 4.78 is 0. The van der Waals surface area contributed by atoms with Crippen molar-refractivity contribution < 1.29 is 4.79 Å². The molecule has 0 heterocycles. The summed E-state index contributed by atoms with van der Waals surface area (Å²) in [5, 5.41) is 5.74. The predicted molar refractivity (Wildman–Crippen MR) is 65.0 cm³/mol. The molecule has 0 radical (unpaired) electrons. The number of terminal acetylenes is 1. The van der Waals surface area contributed by atoms with E-state index in [1.807, 2.05) is 0 Å². The highest BCUT2D eigenvalue weighted by atomic mass is 16.1. The van der Waals surface area contributed by atoms with Gasteiger partial charge in [0, 0.05) is 19.1 Å². The second kappa shape index (κ2) is 7.26. The molecule has 0 aromatic heterocycles. The Bertz CT molecular complexity index is 255. The van der Waals surface area contributed by atoms with E-state index in [0.717, 1.165) is 25.7 Å². The average molecular weight is 223 g/mol. The van der Waals surface area contributed by atoms with E-state index < -0.39 is 0 Å². The van der Waals surface area contributed by atoms with Crippen LogP contribution >= 0.6 is 0 Å². The molecule has 4 heteroatoms. The molecule has 0 spiro atoms. The number of nitrogens with one attached hydrogen (secondary N) is 2. The van der Waals surface area contributed by atoms with Crippen molar-refractivity contribution >= 4 is 5.91 Å². The maximum Gasteiger partial charge on any atom is 0.234 e. The van der Waals surface area contributed by atoms with E-state index in [1.54, 1.807) is 0 Å². The van der Waals surface area contributed by atoms with Crippen molar-refractivity contribution in [1.82, 2.24) is 15.5 Å². The van der Waals surface area contributed by atoms with Gasteiger partial charge in [0.25, 0.3) is 0 Å². The fourth-order valence-electron chi connectivity index (χ4n) is 1.69. The Hall–Kier alpha value is -1.05. The van der Waals surface area contributed by atoms with Crippen molar-refractivity contribution in [2.75, 3.05) is 32.7 Å². The predicted octanol–water partition coefficient (Wildman–Crippen LogP) is -0.190. The molecule has 0 aromatic carbocycles. The van der Waals surface area contributed by atoms with Crippen molar-refractivity contribution in [1.29, 1.82) is 0 Å². The molecule has 0 atom stereocenters. The summed E-state index contributed by atoms with van der Waals surface area (Å²) in [4.78, 5) is 13.7. The highest BCUT2D eigenvalue weighted by Gasteiger charge is 2.27. The first kappa shape index (κ1) is 13.0. The third-order valence-electron chi connectivity index (χ3n) is 2.70. The van der Waals surface area contributed by atoms with Gasteiger partial charge in [-0.05, 0) is 19.4 Å². The Morgan fingerprint density at radius 1 is 1.56 bits per heavy atom. The minimum Gasteiger partial charge on any atom is -0.354 e. The fraction of sp³-hybridized carbons (Fsp3) is 0.750. The Labute approximate surface area is 97.8 Å². The van der Waals surface area contributed by atoms with Crippen LogP contribution in [-0.4, -0.2) is 49.6 Å². The summed E-state index contributed by atoms with van der Waals surface area (Å²) in [5.74, 6) is 2.45. The van der Waals surface area contributed by atoms with Crippen LogP contribution in [0, 0.1) is 12.3 Å². The van der Waals surface area contributed by atoms with E-state index in [9.17, 15) is 4.79 Å². The van der Waals surface area contributed by atoms with Crippen LogP contribution in [0.15, 0.2) is 0 Å². The van der Waals surface area contributed by atoms with Gasteiger partial charge in [-0.25, -0.2) is 0 Å². The topological polar surface area (TPSA) is 44.4 Å². The van der Waals surface area contributed by atoms with Gasteiger partial charge in [0.2, 0.25) is 5.91 Å². The van der Waals surface area contributed by atoms with Crippen LogP contribution in [0.1, 0.15) is 19.8 Å². The van der Waals surface area contributed by atoms with Gasteiger partial charge in [-0.15, -0.1) is 6.42 Å². The molecule has 0 aliphatic heterocycles. The Balaban J connectivity index is 2.00. The maximum absolute atomic E-state index is 11.3. The van der Waals surface area contributed by atoms with Gasteiger partial charge in [0.15, 0.2) is 0 Å². The van der Waals surface area contributed by atoms with Gasteiger partial charge < -0.3 is 5.32 Å². The molecule has 0 bridgehead atoms. The molecular formula is C12H21N3O. The first-order valence-electron chi connectivity index (χ1n) is 5.92. The molecule has 1 fully saturated rings. The first-order chi connectivity index (χ1) is 7.77. The zero-order chi connectivity index (χ0) is 11.8. The van der Waals surface area contributed by atoms with Crippen molar-refractivity contribution in [2.24, 2.45) is 0 Å². The lowest BCUT2D eigenvalue weighted by atomic mass is 10.4. The molecule has 2 N–H and O–H groups in total. The van der Waals surface area contributed by atoms with E-state index in [1.165, 1.54) is 12.8 Å². The number of hydrogen-bond donors (Lipinski definition) is 2. The number of likely N-dealkylation sites (N-methyl/N-ethyl adjacent to an activating group) is 1. The Morgan fingerprint density at radius 2 is 2.31 bits per heavy atom. The van der Waals surface area contributed by atoms with E-state index >= 15 is 0 Å². The highest BCUT2D eigenvalue weighted by molar-refractivity contribution is 5.77. The van der Waals surface area contributed by atoms with Gasteiger partial charge in [0.05, 0.1) is 13.1 Å². The Morgan fingerprint density at radius 3 is 2.88 bits per heavy atom. The zero-order valence-electron chi connectivity index (χ0n) is 9.96. The molecular weight excluding hydrogens is 202 g/mol.